The van der Waals surface area contributed by atoms with Gasteiger partial charge in [0.2, 0.25) is 5.91 Å². The van der Waals surface area contributed by atoms with E-state index in [1.807, 2.05) is 43.3 Å². The van der Waals surface area contributed by atoms with E-state index in [1.54, 1.807) is 4.90 Å². The van der Waals surface area contributed by atoms with Crippen LogP contribution >= 0.6 is 23.4 Å². The van der Waals surface area contributed by atoms with Gasteiger partial charge in [0.1, 0.15) is 17.7 Å². The first-order valence-electron chi connectivity index (χ1n) is 11.0. The second-order valence-electron chi connectivity index (χ2n) is 9.81. The van der Waals surface area contributed by atoms with Crippen molar-refractivity contribution in [1.29, 1.82) is 0 Å². The van der Waals surface area contributed by atoms with E-state index < -0.39 is 14.3 Å². The van der Waals surface area contributed by atoms with E-state index in [0.29, 0.717) is 9.93 Å². The van der Waals surface area contributed by atoms with Crippen molar-refractivity contribution in [3.8, 4) is 0 Å². The molecule has 0 aromatic heterocycles. The monoisotopic (exact) mass is 505 g/mol. The van der Waals surface area contributed by atoms with Gasteiger partial charge in [0.15, 0.2) is 8.32 Å². The lowest BCUT2D eigenvalue weighted by molar-refractivity contribution is -0.157. The fraction of sp³-hybridized carbons (Fsp3) is 0.440. The Morgan fingerprint density at radius 3 is 2.48 bits per heavy atom. The Morgan fingerprint density at radius 1 is 1.27 bits per heavy atom. The van der Waals surface area contributed by atoms with Crippen LogP contribution in [0.1, 0.15) is 33.3 Å². The van der Waals surface area contributed by atoms with E-state index in [4.69, 9.17) is 20.8 Å². The van der Waals surface area contributed by atoms with Gasteiger partial charge in [-0.05, 0) is 48.8 Å². The second-order valence-corrected chi connectivity index (χ2v) is 16.2. The molecule has 0 radical (unpaired) electrons. The minimum absolute atomic E-state index is 0.0426. The van der Waals surface area contributed by atoms with Gasteiger partial charge < -0.3 is 9.16 Å². The van der Waals surface area contributed by atoms with E-state index in [2.05, 4.69) is 40.4 Å². The van der Waals surface area contributed by atoms with Crippen molar-refractivity contribution in [2.24, 2.45) is 5.92 Å². The van der Waals surface area contributed by atoms with Crippen LogP contribution in [0, 0.1) is 5.92 Å². The van der Waals surface area contributed by atoms with Gasteiger partial charge >= 0.3 is 5.97 Å². The summed E-state index contributed by atoms with van der Waals surface area (Å²) in [5.74, 6) is -0.933. The normalized spacial score (nSPS) is 21.8. The van der Waals surface area contributed by atoms with E-state index in [1.165, 1.54) is 17.8 Å². The standard InChI is InChI=1S/C25H32ClNO4SSi/c1-8-15-30-24(29)21-19(14-11-17-9-12-18(26)13-10-17)32-23-20(22(28)27(21)23)16(2)31-33(6,7)25(3,4)5/h8-14,16,20,23H,1,15H2,2-7H3/b14-11+/t16-,20+,23-/m1/s1. The number of benzene rings is 1. The molecule has 1 saturated heterocycles. The molecular formula is C25H32ClNO4SSi. The zero-order chi connectivity index (χ0) is 24.6. The maximum absolute atomic E-state index is 13.2. The molecule has 33 heavy (non-hydrogen) atoms. The SMILES string of the molecule is C=CCOC(=O)C1=C(/C=C/c2ccc(Cl)cc2)S[C@@H]2[C@@H]([C@@H](C)O[Si](C)(C)C(C)(C)C)C(=O)N12. The number of thioether (sulfide) groups is 1. The number of fused-ring (bicyclic) bond motifs is 1. The van der Waals surface area contributed by atoms with Crippen LogP contribution in [0.25, 0.3) is 6.08 Å². The summed E-state index contributed by atoms with van der Waals surface area (Å²) in [4.78, 5) is 28.3. The number of hydrogen-bond donors (Lipinski definition) is 0. The number of β-lactam (4-membered cyclic amide) rings is 1. The third-order valence-corrected chi connectivity index (χ3v) is 12.6. The summed E-state index contributed by atoms with van der Waals surface area (Å²) >= 11 is 7.48. The summed E-state index contributed by atoms with van der Waals surface area (Å²) in [6.45, 7) is 16.6. The summed E-state index contributed by atoms with van der Waals surface area (Å²) in [6.07, 6.45) is 5.04. The van der Waals surface area contributed by atoms with Crippen molar-refractivity contribution in [3.63, 3.8) is 0 Å². The average Bonchev–Trinajstić information content (AvgIpc) is 3.04. The van der Waals surface area contributed by atoms with Crippen molar-refractivity contribution in [1.82, 2.24) is 4.90 Å². The van der Waals surface area contributed by atoms with Crippen molar-refractivity contribution in [2.75, 3.05) is 6.61 Å². The number of carbonyl (C=O) groups is 2. The molecule has 0 N–H and O–H groups in total. The van der Waals surface area contributed by atoms with Gasteiger partial charge in [-0.1, -0.05) is 75.0 Å². The molecule has 0 bridgehead atoms. The Hall–Kier alpha value is -1.80. The summed E-state index contributed by atoms with van der Waals surface area (Å²) in [5.41, 5.74) is 1.23. The van der Waals surface area contributed by atoms with Gasteiger partial charge in [-0.2, -0.15) is 0 Å². The maximum atomic E-state index is 13.2. The van der Waals surface area contributed by atoms with Crippen LogP contribution in [0.15, 0.2) is 53.6 Å². The van der Waals surface area contributed by atoms with Gasteiger partial charge in [0.05, 0.1) is 12.0 Å². The molecule has 2 heterocycles. The predicted octanol–water partition coefficient (Wildman–Crippen LogP) is 6.24. The highest BCUT2D eigenvalue weighted by molar-refractivity contribution is 8.04. The van der Waals surface area contributed by atoms with Crippen LogP contribution in [0.4, 0.5) is 0 Å². The minimum atomic E-state index is -2.05. The molecule has 0 aliphatic carbocycles. The number of allylic oxidation sites excluding steroid dienone is 1. The molecule has 8 heteroatoms. The third-order valence-electron chi connectivity index (χ3n) is 6.42. The molecule has 5 nitrogen and oxygen atoms in total. The lowest BCUT2D eigenvalue weighted by Crippen LogP contribution is -2.62. The average molecular weight is 506 g/mol. The van der Waals surface area contributed by atoms with Crippen LogP contribution in [0.2, 0.25) is 23.2 Å². The smallest absolute Gasteiger partial charge is 0.356 e. The van der Waals surface area contributed by atoms with Crippen LogP contribution < -0.4 is 0 Å². The Labute approximate surface area is 207 Å². The van der Waals surface area contributed by atoms with E-state index in [0.717, 1.165) is 5.56 Å². The molecule has 3 rings (SSSR count). The molecule has 2 aliphatic rings. The Kier molecular flexibility index (Phi) is 7.68. The highest BCUT2D eigenvalue weighted by Crippen LogP contribution is 2.52. The topological polar surface area (TPSA) is 55.8 Å². The van der Waals surface area contributed by atoms with Gasteiger partial charge in [-0.15, -0.1) is 0 Å². The third kappa shape index (κ3) is 5.32. The summed E-state index contributed by atoms with van der Waals surface area (Å²) in [7, 11) is -2.05. The molecule has 178 valence electrons. The summed E-state index contributed by atoms with van der Waals surface area (Å²) in [5, 5.41) is 0.512. The summed E-state index contributed by atoms with van der Waals surface area (Å²) in [6, 6.07) is 7.41. The first-order valence-corrected chi connectivity index (χ1v) is 15.2. The number of hydrogen-bond acceptors (Lipinski definition) is 5. The van der Waals surface area contributed by atoms with Gasteiger partial charge in [0.25, 0.3) is 0 Å². The minimum Gasteiger partial charge on any atom is -0.457 e. The number of rotatable bonds is 8. The highest BCUT2D eigenvalue weighted by Gasteiger charge is 2.58. The lowest BCUT2D eigenvalue weighted by atomic mass is 9.92. The van der Waals surface area contributed by atoms with Crippen molar-refractivity contribution in [2.45, 2.75) is 57.3 Å². The highest BCUT2D eigenvalue weighted by atomic mass is 35.5. The Balaban J connectivity index is 1.85. The number of ether oxygens (including phenoxy) is 1. The molecule has 1 fully saturated rings. The van der Waals surface area contributed by atoms with Crippen LogP contribution in [-0.2, 0) is 18.8 Å². The molecule has 0 spiro atoms. The predicted molar refractivity (Wildman–Crippen MR) is 138 cm³/mol. The first kappa shape index (κ1) is 25.8. The number of nitrogens with zero attached hydrogens (tertiary/aromatic N) is 1. The van der Waals surface area contributed by atoms with Gasteiger partial charge in [0, 0.05) is 9.93 Å². The van der Waals surface area contributed by atoms with Gasteiger partial charge in [-0.3, -0.25) is 9.69 Å². The van der Waals surface area contributed by atoms with E-state index in [9.17, 15) is 9.59 Å². The maximum Gasteiger partial charge on any atom is 0.356 e. The quantitative estimate of drug-likeness (QED) is 0.181. The van der Waals surface area contributed by atoms with Crippen molar-refractivity contribution in [3.05, 3.63) is 64.2 Å². The zero-order valence-electron chi connectivity index (χ0n) is 20.1. The van der Waals surface area contributed by atoms with Crippen LogP contribution in [0.5, 0.6) is 0 Å². The molecule has 0 unspecified atom stereocenters. The number of halogens is 1. The van der Waals surface area contributed by atoms with Crippen molar-refractivity contribution >= 4 is 49.6 Å². The molecule has 3 atom stereocenters. The lowest BCUT2D eigenvalue weighted by Gasteiger charge is -2.48. The number of amides is 1. The molecule has 1 amide bonds. The number of carbonyl (C=O) groups excluding carboxylic acids is 2. The van der Waals surface area contributed by atoms with Crippen molar-refractivity contribution < 1.29 is 18.8 Å². The molecule has 2 aliphatic heterocycles. The molecular weight excluding hydrogens is 474 g/mol. The van der Waals surface area contributed by atoms with Crippen LogP contribution in [-0.4, -0.2) is 43.2 Å². The Morgan fingerprint density at radius 2 is 1.91 bits per heavy atom. The zero-order valence-corrected chi connectivity index (χ0v) is 22.6. The first-order chi connectivity index (χ1) is 15.4. The van der Waals surface area contributed by atoms with E-state index in [-0.39, 0.29) is 40.6 Å². The Bertz CT molecular complexity index is 997. The fourth-order valence-electron chi connectivity index (χ4n) is 3.57. The van der Waals surface area contributed by atoms with Gasteiger partial charge in [-0.25, -0.2) is 4.79 Å². The van der Waals surface area contributed by atoms with Crippen LogP contribution in [0.3, 0.4) is 0 Å². The molecule has 0 saturated carbocycles. The molecule has 1 aromatic carbocycles. The van der Waals surface area contributed by atoms with E-state index >= 15 is 0 Å². The number of esters is 1. The second kappa shape index (κ2) is 9.82. The summed E-state index contributed by atoms with van der Waals surface area (Å²) < 4.78 is 11.8. The fourth-order valence-corrected chi connectivity index (χ4v) is 6.62. The largest absolute Gasteiger partial charge is 0.457 e. The molecule has 1 aromatic rings.